The van der Waals surface area contributed by atoms with Crippen LogP contribution in [0.15, 0.2) is 78.0 Å². The summed E-state index contributed by atoms with van der Waals surface area (Å²) in [6, 6.07) is 19.5. The highest BCUT2D eigenvalue weighted by Crippen LogP contribution is 2.22. The maximum absolute atomic E-state index is 12.6. The van der Waals surface area contributed by atoms with Crippen LogP contribution in [0.4, 0.5) is 5.69 Å². The Morgan fingerprint density at radius 1 is 0.880 bits per heavy atom. The van der Waals surface area contributed by atoms with E-state index < -0.39 is 10.0 Å². The zero-order valence-electron chi connectivity index (χ0n) is 12.9. The molecule has 1 N–H and O–H groups in total. The number of rotatable bonds is 4. The van der Waals surface area contributed by atoms with Gasteiger partial charge in [0.25, 0.3) is 10.0 Å². The van der Waals surface area contributed by atoms with Crippen molar-refractivity contribution in [3.05, 3.63) is 73.1 Å². The van der Waals surface area contributed by atoms with Crippen LogP contribution in [-0.4, -0.2) is 28.6 Å². The molecule has 3 aromatic carbocycles. The third kappa shape index (κ3) is 3.07. The molecule has 0 saturated heterocycles. The minimum absolute atomic E-state index is 0.218. The van der Waals surface area contributed by atoms with Crippen LogP contribution >= 0.6 is 0 Å². The highest BCUT2D eigenvalue weighted by molar-refractivity contribution is 7.92. The molecule has 25 heavy (non-hydrogen) atoms. The van der Waals surface area contributed by atoms with Gasteiger partial charge >= 0.3 is 0 Å². The molecule has 0 radical (unpaired) electrons. The van der Waals surface area contributed by atoms with Crippen molar-refractivity contribution in [2.24, 2.45) is 0 Å². The van der Waals surface area contributed by atoms with E-state index in [1.807, 2.05) is 24.3 Å². The molecule has 0 bridgehead atoms. The molecule has 8 heteroatoms. The lowest BCUT2D eigenvalue weighted by Gasteiger charge is -2.09. The van der Waals surface area contributed by atoms with E-state index in [2.05, 4.69) is 20.2 Å². The normalized spacial score (nSPS) is 11.5. The number of nitrogens with zero attached hydrogens (tertiary/aromatic N) is 4. The molecule has 0 saturated carbocycles. The van der Waals surface area contributed by atoms with Gasteiger partial charge in [0, 0.05) is 5.69 Å². The van der Waals surface area contributed by atoms with Gasteiger partial charge < -0.3 is 0 Å². The third-order valence-corrected chi connectivity index (χ3v) is 5.14. The van der Waals surface area contributed by atoms with E-state index in [1.54, 1.807) is 42.5 Å². The van der Waals surface area contributed by atoms with Gasteiger partial charge in [-0.2, -0.15) is 0 Å². The Morgan fingerprint density at radius 3 is 2.36 bits per heavy atom. The predicted octanol–water partition coefficient (Wildman–Crippen LogP) is 2.62. The van der Waals surface area contributed by atoms with E-state index in [4.69, 9.17) is 0 Å². The summed E-state index contributed by atoms with van der Waals surface area (Å²) in [6.07, 6.45) is 1.47. The molecule has 0 fully saturated rings. The number of fused-ring (bicyclic) bond motifs is 1. The molecule has 4 aromatic rings. The molecule has 1 aromatic heterocycles. The van der Waals surface area contributed by atoms with Crippen molar-refractivity contribution in [2.45, 2.75) is 4.90 Å². The molecular weight excluding hydrogens is 338 g/mol. The van der Waals surface area contributed by atoms with Crippen LogP contribution in [0, 0.1) is 0 Å². The second kappa shape index (κ2) is 5.99. The average Bonchev–Trinajstić information content (AvgIpc) is 3.16. The summed E-state index contributed by atoms with van der Waals surface area (Å²) in [5.41, 5.74) is 1.20. The lowest BCUT2D eigenvalue weighted by Crippen LogP contribution is -2.13. The first kappa shape index (κ1) is 15.3. The number of anilines is 1. The number of nitrogens with one attached hydrogen (secondary N) is 1. The molecular formula is C17H13N5O2S. The van der Waals surface area contributed by atoms with Gasteiger partial charge in [-0.25, -0.2) is 13.1 Å². The topological polar surface area (TPSA) is 89.8 Å². The standard InChI is InChI=1S/C17H13N5O2S/c23-25(24,17-10-5-13-3-1-2-4-14(13)11-17)19-15-6-8-16(9-7-15)22-12-18-20-21-22/h1-12,19H. The Labute approximate surface area is 144 Å². The minimum Gasteiger partial charge on any atom is -0.280 e. The number of tetrazole rings is 1. The molecule has 0 spiro atoms. The van der Waals surface area contributed by atoms with Crippen molar-refractivity contribution in [3.8, 4) is 5.69 Å². The Morgan fingerprint density at radius 2 is 1.64 bits per heavy atom. The van der Waals surface area contributed by atoms with E-state index in [1.165, 1.54) is 11.0 Å². The van der Waals surface area contributed by atoms with Gasteiger partial charge in [0.05, 0.1) is 10.6 Å². The van der Waals surface area contributed by atoms with Gasteiger partial charge in [0.1, 0.15) is 6.33 Å². The number of hydrogen-bond donors (Lipinski definition) is 1. The van der Waals surface area contributed by atoms with E-state index in [9.17, 15) is 8.42 Å². The smallest absolute Gasteiger partial charge is 0.261 e. The molecule has 0 aliphatic carbocycles. The fourth-order valence-corrected chi connectivity index (χ4v) is 3.60. The molecule has 4 rings (SSSR count). The van der Waals surface area contributed by atoms with E-state index in [0.29, 0.717) is 5.69 Å². The highest BCUT2D eigenvalue weighted by atomic mass is 32.2. The largest absolute Gasteiger partial charge is 0.280 e. The monoisotopic (exact) mass is 351 g/mol. The molecule has 124 valence electrons. The van der Waals surface area contributed by atoms with Crippen molar-refractivity contribution in [2.75, 3.05) is 4.72 Å². The maximum atomic E-state index is 12.6. The maximum Gasteiger partial charge on any atom is 0.261 e. The molecule has 0 unspecified atom stereocenters. The first-order valence-electron chi connectivity index (χ1n) is 7.47. The summed E-state index contributed by atoms with van der Waals surface area (Å²) in [7, 11) is -3.67. The zero-order chi connectivity index (χ0) is 17.3. The van der Waals surface area contributed by atoms with E-state index >= 15 is 0 Å². The zero-order valence-corrected chi connectivity index (χ0v) is 13.8. The van der Waals surface area contributed by atoms with Crippen LogP contribution < -0.4 is 4.72 Å². The SMILES string of the molecule is O=S(=O)(Nc1ccc(-n2cnnn2)cc1)c1ccc2ccccc2c1. The highest BCUT2D eigenvalue weighted by Gasteiger charge is 2.14. The molecule has 0 aliphatic heterocycles. The Hall–Kier alpha value is -3.26. The van der Waals surface area contributed by atoms with Crippen molar-refractivity contribution in [3.63, 3.8) is 0 Å². The minimum atomic E-state index is -3.67. The second-order valence-corrected chi connectivity index (χ2v) is 7.10. The van der Waals surface area contributed by atoms with Crippen molar-refractivity contribution in [1.29, 1.82) is 0 Å². The van der Waals surface area contributed by atoms with Crippen LogP contribution in [0.5, 0.6) is 0 Å². The van der Waals surface area contributed by atoms with Crippen LogP contribution in [0.1, 0.15) is 0 Å². The summed E-state index contributed by atoms with van der Waals surface area (Å²) in [5, 5.41) is 12.8. The van der Waals surface area contributed by atoms with Gasteiger partial charge in [-0.15, -0.1) is 5.10 Å². The Balaban J connectivity index is 1.61. The quantitative estimate of drug-likeness (QED) is 0.610. The van der Waals surface area contributed by atoms with Crippen LogP contribution in [0.2, 0.25) is 0 Å². The van der Waals surface area contributed by atoms with Crippen molar-refractivity contribution >= 4 is 26.5 Å². The third-order valence-electron chi connectivity index (χ3n) is 3.76. The number of hydrogen-bond acceptors (Lipinski definition) is 5. The fourth-order valence-electron chi connectivity index (χ4n) is 2.51. The first-order valence-corrected chi connectivity index (χ1v) is 8.95. The second-order valence-electron chi connectivity index (χ2n) is 5.42. The molecule has 7 nitrogen and oxygen atoms in total. The van der Waals surface area contributed by atoms with Crippen molar-refractivity contribution in [1.82, 2.24) is 20.2 Å². The molecule has 1 heterocycles. The van der Waals surface area contributed by atoms with Crippen LogP contribution in [0.3, 0.4) is 0 Å². The molecule has 0 atom stereocenters. The summed E-state index contributed by atoms with van der Waals surface area (Å²) in [5.74, 6) is 0. The van der Waals surface area contributed by atoms with Gasteiger partial charge in [0.15, 0.2) is 0 Å². The van der Waals surface area contributed by atoms with Gasteiger partial charge in [-0.05, 0) is 57.6 Å². The lowest BCUT2D eigenvalue weighted by atomic mass is 10.1. The Bertz CT molecular complexity index is 1120. The van der Waals surface area contributed by atoms with E-state index in [0.717, 1.165) is 16.5 Å². The van der Waals surface area contributed by atoms with Gasteiger partial charge in [-0.3, -0.25) is 4.72 Å². The van der Waals surface area contributed by atoms with Crippen molar-refractivity contribution < 1.29 is 8.42 Å². The number of sulfonamides is 1. The number of aromatic nitrogens is 4. The summed E-state index contributed by atoms with van der Waals surface area (Å²) in [4.78, 5) is 0.218. The summed E-state index contributed by atoms with van der Waals surface area (Å²) >= 11 is 0. The Kier molecular flexibility index (Phi) is 3.66. The summed E-state index contributed by atoms with van der Waals surface area (Å²) < 4.78 is 29.3. The van der Waals surface area contributed by atoms with Gasteiger partial charge in [0.2, 0.25) is 0 Å². The number of benzene rings is 3. The van der Waals surface area contributed by atoms with Crippen LogP contribution in [0.25, 0.3) is 16.5 Å². The average molecular weight is 351 g/mol. The van der Waals surface area contributed by atoms with Crippen LogP contribution in [-0.2, 0) is 10.0 Å². The molecule has 0 amide bonds. The predicted molar refractivity (Wildman–Crippen MR) is 93.9 cm³/mol. The first-order chi connectivity index (χ1) is 12.1. The van der Waals surface area contributed by atoms with Gasteiger partial charge in [-0.1, -0.05) is 30.3 Å². The lowest BCUT2D eigenvalue weighted by molar-refractivity contribution is 0.601. The summed E-state index contributed by atoms with van der Waals surface area (Å²) in [6.45, 7) is 0. The fraction of sp³-hybridized carbons (Fsp3) is 0. The van der Waals surface area contributed by atoms with E-state index in [-0.39, 0.29) is 4.90 Å². The molecule has 0 aliphatic rings.